The third-order valence-electron chi connectivity index (χ3n) is 4.53. The number of benzene rings is 2. The monoisotopic (exact) mass is 349 g/mol. The van der Waals surface area contributed by atoms with Crippen molar-refractivity contribution in [3.8, 4) is 5.75 Å². The number of rotatable bonds is 5. The van der Waals surface area contributed by atoms with E-state index in [4.69, 9.17) is 4.74 Å². The number of aryl methyl sites for hydroxylation is 3. The predicted octanol–water partition coefficient (Wildman–Crippen LogP) is 3.75. The predicted molar refractivity (Wildman–Crippen MR) is 103 cm³/mol. The highest BCUT2D eigenvalue weighted by atomic mass is 16.5. The van der Waals surface area contributed by atoms with Crippen molar-refractivity contribution in [2.75, 3.05) is 7.11 Å². The molecule has 0 fully saturated rings. The fourth-order valence-electron chi connectivity index (χ4n) is 2.84. The molecule has 5 heteroatoms. The molecule has 0 aliphatic rings. The van der Waals surface area contributed by atoms with Gasteiger partial charge in [0.15, 0.2) is 0 Å². The zero-order valence-corrected chi connectivity index (χ0v) is 15.6. The lowest BCUT2D eigenvalue weighted by molar-refractivity contribution is 0.0951. The Bertz CT molecular complexity index is 967. The topological polar surface area (TPSA) is 64.1 Å². The summed E-state index contributed by atoms with van der Waals surface area (Å²) in [4.78, 5) is 21.6. The van der Waals surface area contributed by atoms with E-state index in [1.807, 2.05) is 32.0 Å². The van der Waals surface area contributed by atoms with Crippen LogP contribution in [-0.4, -0.2) is 23.0 Å². The number of nitrogens with zero attached hydrogens (tertiary/aromatic N) is 2. The molecule has 0 unspecified atom stereocenters. The van der Waals surface area contributed by atoms with Gasteiger partial charge in [0.1, 0.15) is 5.75 Å². The summed E-state index contributed by atoms with van der Waals surface area (Å²) in [7, 11) is 1.64. The molecule has 2 aromatic carbocycles. The van der Waals surface area contributed by atoms with Crippen LogP contribution in [0.5, 0.6) is 5.75 Å². The van der Waals surface area contributed by atoms with E-state index in [1.54, 1.807) is 19.2 Å². The Morgan fingerprint density at radius 3 is 2.46 bits per heavy atom. The smallest absolute Gasteiger partial charge is 0.251 e. The molecule has 0 aliphatic heterocycles. The molecule has 0 bridgehead atoms. The molecule has 0 aliphatic carbocycles. The summed E-state index contributed by atoms with van der Waals surface area (Å²) >= 11 is 0. The fraction of sp³-hybridized carbons (Fsp3) is 0.286. The van der Waals surface area contributed by atoms with Crippen LogP contribution >= 0.6 is 0 Å². The first-order valence-corrected chi connectivity index (χ1v) is 8.70. The number of aromatic nitrogens is 2. The van der Waals surface area contributed by atoms with E-state index in [-0.39, 0.29) is 5.91 Å². The van der Waals surface area contributed by atoms with Gasteiger partial charge < -0.3 is 10.1 Å². The van der Waals surface area contributed by atoms with E-state index in [0.717, 1.165) is 40.2 Å². The van der Waals surface area contributed by atoms with Crippen LogP contribution in [0.1, 0.15) is 39.8 Å². The van der Waals surface area contributed by atoms with E-state index in [0.29, 0.717) is 12.1 Å². The van der Waals surface area contributed by atoms with Crippen molar-refractivity contribution >= 4 is 16.9 Å². The third-order valence-corrected chi connectivity index (χ3v) is 4.53. The Kier molecular flexibility index (Phi) is 5.16. The van der Waals surface area contributed by atoms with Gasteiger partial charge in [-0.15, -0.1) is 0 Å². The molecule has 1 amide bonds. The lowest BCUT2D eigenvalue weighted by Gasteiger charge is -2.12. The molecule has 5 nitrogen and oxygen atoms in total. The lowest BCUT2D eigenvalue weighted by atomic mass is 10.1. The van der Waals surface area contributed by atoms with Crippen molar-refractivity contribution in [2.24, 2.45) is 0 Å². The molecule has 1 N–H and O–H groups in total. The van der Waals surface area contributed by atoms with Crippen molar-refractivity contribution in [1.29, 1.82) is 0 Å². The lowest BCUT2D eigenvalue weighted by Crippen LogP contribution is -2.23. The fourth-order valence-corrected chi connectivity index (χ4v) is 2.84. The summed E-state index contributed by atoms with van der Waals surface area (Å²) < 4.78 is 5.40. The van der Waals surface area contributed by atoms with E-state index >= 15 is 0 Å². The summed E-state index contributed by atoms with van der Waals surface area (Å²) in [5.74, 6) is 0.633. The van der Waals surface area contributed by atoms with Crippen LogP contribution in [0.4, 0.5) is 0 Å². The van der Waals surface area contributed by atoms with Crippen LogP contribution in [0.2, 0.25) is 0 Å². The van der Waals surface area contributed by atoms with E-state index < -0.39 is 0 Å². The van der Waals surface area contributed by atoms with Gasteiger partial charge in [0.25, 0.3) is 5.91 Å². The van der Waals surface area contributed by atoms with Gasteiger partial charge in [0.2, 0.25) is 0 Å². The van der Waals surface area contributed by atoms with Crippen LogP contribution in [0.15, 0.2) is 36.4 Å². The van der Waals surface area contributed by atoms with Gasteiger partial charge in [-0.1, -0.05) is 19.1 Å². The number of carbonyl (C=O) groups excluding carboxylic acids is 1. The zero-order chi connectivity index (χ0) is 18.7. The summed E-state index contributed by atoms with van der Waals surface area (Å²) in [5.41, 5.74) is 6.04. The van der Waals surface area contributed by atoms with Gasteiger partial charge >= 0.3 is 0 Å². The van der Waals surface area contributed by atoms with Crippen molar-refractivity contribution in [3.63, 3.8) is 0 Å². The average Bonchev–Trinajstić information content (AvgIpc) is 2.66. The Morgan fingerprint density at radius 2 is 1.77 bits per heavy atom. The van der Waals surface area contributed by atoms with E-state index in [1.165, 1.54) is 5.56 Å². The maximum atomic E-state index is 12.6. The largest absolute Gasteiger partial charge is 0.496 e. The standard InChI is InChI=1S/C21H23N3O2/c1-5-15-6-9-20(26-4)17(10-15)12-22-21(25)16-7-8-18-19(11-16)24-14(3)13(2)23-18/h6-11H,5,12H2,1-4H3,(H,22,25). The molecule has 3 aromatic rings. The van der Waals surface area contributed by atoms with E-state index in [9.17, 15) is 4.79 Å². The van der Waals surface area contributed by atoms with Gasteiger partial charge in [0, 0.05) is 17.7 Å². The minimum Gasteiger partial charge on any atom is -0.496 e. The summed E-state index contributed by atoms with van der Waals surface area (Å²) in [6.07, 6.45) is 0.938. The van der Waals surface area contributed by atoms with Crippen LogP contribution in [-0.2, 0) is 13.0 Å². The van der Waals surface area contributed by atoms with Crippen LogP contribution in [0.25, 0.3) is 11.0 Å². The number of fused-ring (bicyclic) bond motifs is 1. The van der Waals surface area contributed by atoms with Crippen molar-refractivity contribution < 1.29 is 9.53 Å². The highest BCUT2D eigenvalue weighted by Crippen LogP contribution is 2.20. The Labute approximate surface area is 153 Å². The second-order valence-electron chi connectivity index (χ2n) is 6.28. The molecule has 0 spiro atoms. The highest BCUT2D eigenvalue weighted by Gasteiger charge is 2.10. The molecule has 0 radical (unpaired) electrons. The quantitative estimate of drug-likeness (QED) is 0.762. The average molecular weight is 349 g/mol. The van der Waals surface area contributed by atoms with Crippen molar-refractivity contribution in [1.82, 2.24) is 15.3 Å². The Hall–Kier alpha value is -2.95. The number of hydrogen-bond acceptors (Lipinski definition) is 4. The van der Waals surface area contributed by atoms with Crippen LogP contribution in [0.3, 0.4) is 0 Å². The number of amides is 1. The minimum absolute atomic E-state index is 0.143. The first-order chi connectivity index (χ1) is 12.5. The van der Waals surface area contributed by atoms with Crippen molar-refractivity contribution in [3.05, 3.63) is 64.5 Å². The Morgan fingerprint density at radius 1 is 1.04 bits per heavy atom. The van der Waals surface area contributed by atoms with Gasteiger partial charge in [-0.25, -0.2) is 9.97 Å². The first-order valence-electron chi connectivity index (χ1n) is 8.70. The number of nitrogens with one attached hydrogen (secondary N) is 1. The number of carbonyl (C=O) groups is 1. The maximum Gasteiger partial charge on any atom is 0.251 e. The normalized spacial score (nSPS) is 10.8. The SMILES string of the molecule is CCc1ccc(OC)c(CNC(=O)c2ccc3nc(C)c(C)nc3c2)c1. The number of methoxy groups -OCH3 is 1. The van der Waals surface area contributed by atoms with Crippen molar-refractivity contribution in [2.45, 2.75) is 33.7 Å². The molecular formula is C21H23N3O2. The van der Waals surface area contributed by atoms with Crippen LogP contribution in [0, 0.1) is 13.8 Å². The molecule has 0 saturated heterocycles. The first kappa shape index (κ1) is 17.9. The van der Waals surface area contributed by atoms with Gasteiger partial charge in [0.05, 0.1) is 29.5 Å². The molecule has 1 heterocycles. The second-order valence-corrected chi connectivity index (χ2v) is 6.28. The molecule has 0 atom stereocenters. The molecular weight excluding hydrogens is 326 g/mol. The molecule has 26 heavy (non-hydrogen) atoms. The maximum absolute atomic E-state index is 12.6. The highest BCUT2D eigenvalue weighted by molar-refractivity contribution is 5.97. The summed E-state index contributed by atoms with van der Waals surface area (Å²) in [6.45, 7) is 6.36. The molecule has 134 valence electrons. The van der Waals surface area contributed by atoms with Gasteiger partial charge in [-0.05, 0) is 50.1 Å². The minimum atomic E-state index is -0.143. The summed E-state index contributed by atoms with van der Waals surface area (Å²) in [6, 6.07) is 11.4. The number of hydrogen-bond donors (Lipinski definition) is 1. The second kappa shape index (κ2) is 7.52. The van der Waals surface area contributed by atoms with E-state index in [2.05, 4.69) is 28.3 Å². The van der Waals surface area contributed by atoms with Gasteiger partial charge in [-0.2, -0.15) is 0 Å². The molecule has 0 saturated carbocycles. The third kappa shape index (κ3) is 3.67. The molecule has 3 rings (SSSR count). The molecule has 1 aromatic heterocycles. The zero-order valence-electron chi connectivity index (χ0n) is 15.6. The Balaban J connectivity index is 1.80. The van der Waals surface area contributed by atoms with Crippen LogP contribution < -0.4 is 10.1 Å². The summed E-state index contributed by atoms with van der Waals surface area (Å²) in [5, 5.41) is 2.96. The number of ether oxygens (including phenoxy) is 1. The van der Waals surface area contributed by atoms with Gasteiger partial charge in [-0.3, -0.25) is 4.79 Å².